The molecular formula is C18H17F3N4O2. The number of oxazole rings is 1. The summed E-state index contributed by atoms with van der Waals surface area (Å²) in [4.78, 5) is 23.3. The van der Waals surface area contributed by atoms with Gasteiger partial charge < -0.3 is 4.42 Å². The van der Waals surface area contributed by atoms with Crippen molar-refractivity contribution < 1.29 is 17.6 Å². The maximum atomic E-state index is 13.2. The minimum Gasteiger partial charge on any atom is -0.448 e. The lowest BCUT2D eigenvalue weighted by molar-refractivity contribution is -0.142. The summed E-state index contributed by atoms with van der Waals surface area (Å²) in [5, 5.41) is 0.183. The lowest BCUT2D eigenvalue weighted by atomic mass is 10.1. The number of alkyl halides is 3. The van der Waals surface area contributed by atoms with Gasteiger partial charge in [-0.2, -0.15) is 13.2 Å². The molecule has 3 aromatic rings. The molecule has 3 heterocycles. The van der Waals surface area contributed by atoms with Gasteiger partial charge >= 0.3 is 6.18 Å². The molecule has 0 bridgehead atoms. The zero-order valence-electron chi connectivity index (χ0n) is 14.3. The molecule has 4 rings (SSSR count). The minimum atomic E-state index is -4.52. The van der Waals surface area contributed by atoms with Gasteiger partial charge in [0, 0.05) is 0 Å². The number of likely N-dealkylation sites (tertiary alicyclic amines) is 1. The molecule has 0 spiro atoms. The monoisotopic (exact) mass is 378 g/mol. The molecule has 1 aromatic carbocycles. The van der Waals surface area contributed by atoms with Crippen LogP contribution in [0.5, 0.6) is 0 Å². The Morgan fingerprint density at radius 3 is 2.81 bits per heavy atom. The van der Waals surface area contributed by atoms with E-state index in [0.29, 0.717) is 30.9 Å². The first-order chi connectivity index (χ1) is 12.9. The molecule has 0 radical (unpaired) electrons. The molecule has 1 unspecified atom stereocenters. The molecule has 142 valence electrons. The molecular weight excluding hydrogens is 361 g/mol. The molecule has 6 nitrogen and oxygen atoms in total. The van der Waals surface area contributed by atoms with E-state index in [2.05, 4.69) is 9.97 Å². The molecule has 0 saturated carbocycles. The van der Waals surface area contributed by atoms with Crippen LogP contribution < -0.4 is 5.56 Å². The third-order valence-electron chi connectivity index (χ3n) is 4.71. The van der Waals surface area contributed by atoms with Crippen LogP contribution in [-0.4, -0.2) is 32.2 Å². The normalized spacial score (nSPS) is 18.4. The molecule has 27 heavy (non-hydrogen) atoms. The highest BCUT2D eigenvalue weighted by Gasteiger charge is 2.35. The predicted molar refractivity (Wildman–Crippen MR) is 90.9 cm³/mol. The Morgan fingerprint density at radius 2 is 2.07 bits per heavy atom. The highest BCUT2D eigenvalue weighted by atomic mass is 19.4. The van der Waals surface area contributed by atoms with Crippen LogP contribution in [0.25, 0.3) is 10.9 Å². The largest absolute Gasteiger partial charge is 0.448 e. The summed E-state index contributed by atoms with van der Waals surface area (Å²) in [6.07, 6.45) is -0.138. The van der Waals surface area contributed by atoms with Crippen LogP contribution in [0, 0.1) is 0 Å². The Balaban J connectivity index is 1.81. The van der Waals surface area contributed by atoms with Crippen LogP contribution in [0.2, 0.25) is 0 Å². The fourth-order valence-corrected chi connectivity index (χ4v) is 3.58. The molecule has 9 heteroatoms. The maximum Gasteiger partial charge on any atom is 0.406 e. The quantitative estimate of drug-likeness (QED) is 0.697. The van der Waals surface area contributed by atoms with Gasteiger partial charge in [0.05, 0.1) is 29.7 Å². The maximum absolute atomic E-state index is 13.2. The molecule has 1 aliphatic rings. The Hall–Kier alpha value is -2.68. The summed E-state index contributed by atoms with van der Waals surface area (Å²) >= 11 is 0. The second-order valence-electron chi connectivity index (χ2n) is 6.55. The van der Waals surface area contributed by atoms with Crippen LogP contribution in [0.3, 0.4) is 0 Å². The highest BCUT2D eigenvalue weighted by molar-refractivity contribution is 5.77. The summed E-state index contributed by atoms with van der Waals surface area (Å²) in [6.45, 7) is -0.337. The number of aromatic nitrogens is 3. The van der Waals surface area contributed by atoms with Gasteiger partial charge in [-0.3, -0.25) is 14.3 Å². The first kappa shape index (κ1) is 17.7. The zero-order chi connectivity index (χ0) is 19.0. The summed E-state index contributed by atoms with van der Waals surface area (Å²) in [6, 6.07) is 6.07. The van der Waals surface area contributed by atoms with E-state index in [9.17, 15) is 18.0 Å². The van der Waals surface area contributed by atoms with Crippen molar-refractivity contribution in [2.24, 2.45) is 0 Å². The molecule has 1 saturated heterocycles. The SMILES string of the molecule is O=c1c2ccccc2nc(C2CCCN2Cc2ncco2)n1CC(F)(F)F. The van der Waals surface area contributed by atoms with E-state index >= 15 is 0 Å². The van der Waals surface area contributed by atoms with E-state index < -0.39 is 24.3 Å². The Labute approximate surface area is 152 Å². The number of hydrogen-bond donors (Lipinski definition) is 0. The van der Waals surface area contributed by atoms with Crippen LogP contribution in [0.15, 0.2) is 45.9 Å². The Morgan fingerprint density at radius 1 is 1.26 bits per heavy atom. The highest BCUT2D eigenvalue weighted by Crippen LogP contribution is 2.33. The Bertz CT molecular complexity index is 998. The van der Waals surface area contributed by atoms with Gasteiger partial charge in [-0.25, -0.2) is 9.97 Å². The van der Waals surface area contributed by atoms with Crippen molar-refractivity contribution in [3.8, 4) is 0 Å². The molecule has 0 aliphatic carbocycles. The molecule has 0 N–H and O–H groups in total. The number of rotatable bonds is 4. The molecule has 1 fully saturated rings. The topological polar surface area (TPSA) is 64.2 Å². The third kappa shape index (κ3) is 3.59. The average Bonchev–Trinajstić information content (AvgIpc) is 3.29. The molecule has 1 atom stereocenters. The molecule has 1 aliphatic heterocycles. The number of para-hydroxylation sites is 1. The summed E-state index contributed by atoms with van der Waals surface area (Å²) in [5.74, 6) is 0.618. The summed E-state index contributed by atoms with van der Waals surface area (Å²) < 4.78 is 45.5. The van der Waals surface area contributed by atoms with Crippen molar-refractivity contribution in [1.82, 2.24) is 19.4 Å². The van der Waals surface area contributed by atoms with Crippen molar-refractivity contribution in [3.05, 3.63) is 58.8 Å². The van der Waals surface area contributed by atoms with Crippen LogP contribution >= 0.6 is 0 Å². The van der Waals surface area contributed by atoms with E-state index in [0.717, 1.165) is 11.0 Å². The third-order valence-corrected chi connectivity index (χ3v) is 4.71. The number of fused-ring (bicyclic) bond motifs is 1. The molecule has 2 aromatic heterocycles. The van der Waals surface area contributed by atoms with E-state index in [1.165, 1.54) is 18.5 Å². The first-order valence-electron chi connectivity index (χ1n) is 8.61. The number of benzene rings is 1. The standard InChI is InChI=1S/C18H17F3N4O2/c19-18(20,21)11-25-16(23-13-5-2-1-4-12(13)17(25)26)14-6-3-8-24(14)10-15-22-7-9-27-15/h1-2,4-5,7,9,14H,3,6,8,10-11H2. The van der Waals surface area contributed by atoms with Crippen LogP contribution in [0.1, 0.15) is 30.6 Å². The van der Waals surface area contributed by atoms with Crippen molar-refractivity contribution in [2.45, 2.75) is 38.1 Å². The summed E-state index contributed by atoms with van der Waals surface area (Å²) in [7, 11) is 0. The van der Waals surface area contributed by atoms with E-state index in [4.69, 9.17) is 4.42 Å². The Kier molecular flexibility index (Phi) is 4.47. The lowest BCUT2D eigenvalue weighted by Crippen LogP contribution is -2.35. The van der Waals surface area contributed by atoms with Gasteiger partial charge in [0.25, 0.3) is 5.56 Å². The van der Waals surface area contributed by atoms with Crippen molar-refractivity contribution in [2.75, 3.05) is 6.54 Å². The van der Waals surface area contributed by atoms with Gasteiger partial charge in [0.1, 0.15) is 18.6 Å². The zero-order valence-corrected chi connectivity index (χ0v) is 14.3. The van der Waals surface area contributed by atoms with Gasteiger partial charge in [-0.1, -0.05) is 12.1 Å². The fraction of sp³-hybridized carbons (Fsp3) is 0.389. The predicted octanol–water partition coefficient (Wildman–Crippen LogP) is 3.28. The smallest absolute Gasteiger partial charge is 0.406 e. The summed E-state index contributed by atoms with van der Waals surface area (Å²) in [5.41, 5.74) is -0.269. The van der Waals surface area contributed by atoms with E-state index in [-0.39, 0.29) is 11.2 Å². The van der Waals surface area contributed by atoms with Crippen molar-refractivity contribution in [1.29, 1.82) is 0 Å². The second-order valence-corrected chi connectivity index (χ2v) is 6.55. The molecule has 0 amide bonds. The second kappa shape index (κ2) is 6.80. The van der Waals surface area contributed by atoms with E-state index in [1.54, 1.807) is 18.2 Å². The van der Waals surface area contributed by atoms with Gasteiger partial charge in [-0.05, 0) is 31.5 Å². The van der Waals surface area contributed by atoms with Gasteiger partial charge in [0.2, 0.25) is 5.89 Å². The lowest BCUT2D eigenvalue weighted by Gasteiger charge is -2.26. The van der Waals surface area contributed by atoms with Crippen LogP contribution in [-0.2, 0) is 13.1 Å². The minimum absolute atomic E-state index is 0.139. The number of halogens is 3. The van der Waals surface area contributed by atoms with Gasteiger partial charge in [0.15, 0.2) is 0 Å². The number of nitrogens with zero attached hydrogens (tertiary/aromatic N) is 4. The van der Waals surface area contributed by atoms with Gasteiger partial charge in [-0.15, -0.1) is 0 Å². The van der Waals surface area contributed by atoms with E-state index in [1.807, 2.05) is 4.90 Å². The fourth-order valence-electron chi connectivity index (χ4n) is 3.58. The van der Waals surface area contributed by atoms with Crippen molar-refractivity contribution >= 4 is 10.9 Å². The van der Waals surface area contributed by atoms with Crippen LogP contribution in [0.4, 0.5) is 13.2 Å². The number of hydrogen-bond acceptors (Lipinski definition) is 5. The average molecular weight is 378 g/mol. The first-order valence-corrected chi connectivity index (χ1v) is 8.61. The van der Waals surface area contributed by atoms with Crippen molar-refractivity contribution in [3.63, 3.8) is 0 Å².